The molecule has 1 aliphatic rings. The molecular formula is C18H20N4O. The van der Waals surface area contributed by atoms with E-state index in [2.05, 4.69) is 38.3 Å². The lowest BCUT2D eigenvalue weighted by molar-refractivity contribution is 0.415. The van der Waals surface area contributed by atoms with E-state index in [1.165, 1.54) is 24.2 Å². The molecule has 1 fully saturated rings. The minimum absolute atomic E-state index is 0.500. The number of aromatic nitrogens is 3. The number of benzene rings is 1. The molecular weight excluding hydrogens is 288 g/mol. The maximum atomic E-state index is 5.39. The Hall–Kier alpha value is -2.56. The molecule has 4 rings (SSSR count). The zero-order valence-corrected chi connectivity index (χ0v) is 13.2. The van der Waals surface area contributed by atoms with Crippen molar-refractivity contribution in [3.63, 3.8) is 0 Å². The fourth-order valence-corrected chi connectivity index (χ4v) is 3.46. The molecule has 0 spiro atoms. The predicted molar refractivity (Wildman–Crippen MR) is 91.1 cm³/mol. The van der Waals surface area contributed by atoms with Crippen molar-refractivity contribution in [2.24, 2.45) is 0 Å². The number of rotatable bonds is 3. The van der Waals surface area contributed by atoms with Gasteiger partial charge >= 0.3 is 0 Å². The van der Waals surface area contributed by atoms with E-state index in [1.54, 1.807) is 7.11 Å². The molecule has 0 bridgehead atoms. The number of fused-ring (bicyclic) bond motifs is 1. The van der Waals surface area contributed by atoms with Crippen LogP contribution in [0.3, 0.4) is 0 Å². The van der Waals surface area contributed by atoms with Crippen LogP contribution >= 0.6 is 0 Å². The van der Waals surface area contributed by atoms with Gasteiger partial charge < -0.3 is 9.64 Å². The van der Waals surface area contributed by atoms with Gasteiger partial charge in [-0.3, -0.25) is 10.1 Å². The second kappa shape index (κ2) is 5.91. The van der Waals surface area contributed by atoms with Gasteiger partial charge in [-0.25, -0.2) is 0 Å². The molecule has 1 saturated heterocycles. The number of H-pyrrole nitrogens is 1. The normalized spacial score (nSPS) is 18.3. The summed E-state index contributed by atoms with van der Waals surface area (Å²) in [4.78, 5) is 6.94. The molecule has 118 valence electrons. The monoisotopic (exact) mass is 308 g/mol. The number of methoxy groups -OCH3 is 1. The van der Waals surface area contributed by atoms with Crippen LogP contribution in [0.2, 0.25) is 0 Å². The smallest absolute Gasteiger partial charge is 0.119 e. The first-order chi connectivity index (χ1) is 11.3. The Labute approximate surface area is 135 Å². The van der Waals surface area contributed by atoms with Gasteiger partial charge in [0.15, 0.2) is 0 Å². The Balaban J connectivity index is 1.70. The van der Waals surface area contributed by atoms with E-state index in [-0.39, 0.29) is 0 Å². The number of piperidine rings is 1. The number of hydrogen-bond donors (Lipinski definition) is 1. The summed E-state index contributed by atoms with van der Waals surface area (Å²) in [6.45, 7) is 2.07. The number of anilines is 1. The maximum Gasteiger partial charge on any atom is 0.119 e. The summed E-state index contributed by atoms with van der Waals surface area (Å²) in [6.07, 6.45) is 6.10. The number of nitrogens with one attached hydrogen (secondary N) is 1. The zero-order valence-electron chi connectivity index (χ0n) is 13.2. The predicted octanol–water partition coefficient (Wildman–Crippen LogP) is 3.35. The number of nitrogens with zero attached hydrogens (tertiary/aromatic N) is 3. The summed E-state index contributed by atoms with van der Waals surface area (Å²) in [5, 5.41) is 8.37. The third-order valence-electron chi connectivity index (χ3n) is 4.65. The quantitative estimate of drug-likeness (QED) is 0.806. The average molecular weight is 308 g/mol. The third-order valence-corrected chi connectivity index (χ3v) is 4.65. The molecule has 0 radical (unpaired) electrons. The van der Waals surface area contributed by atoms with Gasteiger partial charge in [-0.05, 0) is 43.2 Å². The zero-order chi connectivity index (χ0) is 15.6. The molecule has 3 aromatic rings. The lowest BCUT2D eigenvalue weighted by Crippen LogP contribution is -2.34. The molecule has 0 amide bonds. The van der Waals surface area contributed by atoms with Crippen LogP contribution < -0.4 is 9.64 Å². The van der Waals surface area contributed by atoms with Crippen LogP contribution in [0.15, 0.2) is 42.7 Å². The van der Waals surface area contributed by atoms with E-state index in [1.807, 2.05) is 24.5 Å². The highest BCUT2D eigenvalue weighted by molar-refractivity contribution is 5.92. The van der Waals surface area contributed by atoms with E-state index in [4.69, 9.17) is 4.74 Å². The Bertz CT molecular complexity index is 800. The minimum atomic E-state index is 0.500. The summed E-state index contributed by atoms with van der Waals surface area (Å²) in [5.74, 6) is 1.37. The summed E-state index contributed by atoms with van der Waals surface area (Å²) < 4.78 is 5.39. The summed E-state index contributed by atoms with van der Waals surface area (Å²) in [5.41, 5.74) is 3.47. The Morgan fingerprint density at radius 2 is 2.17 bits per heavy atom. The minimum Gasteiger partial charge on any atom is -0.497 e. The second-order valence-electron chi connectivity index (χ2n) is 6.01. The maximum absolute atomic E-state index is 5.39. The SMILES string of the molecule is COc1ccc2nccc(N3CCCC(c4ccn[nH]4)C3)c2c1. The molecule has 23 heavy (non-hydrogen) atoms. The van der Waals surface area contributed by atoms with Crippen molar-refractivity contribution in [1.82, 2.24) is 15.2 Å². The van der Waals surface area contributed by atoms with Crippen LogP contribution in [0.5, 0.6) is 5.75 Å². The average Bonchev–Trinajstić information content (AvgIpc) is 3.15. The molecule has 1 unspecified atom stereocenters. The first-order valence-corrected chi connectivity index (χ1v) is 8.02. The molecule has 2 aromatic heterocycles. The molecule has 0 saturated carbocycles. The van der Waals surface area contributed by atoms with Gasteiger partial charge in [-0.2, -0.15) is 5.10 Å². The third kappa shape index (κ3) is 2.63. The topological polar surface area (TPSA) is 54.0 Å². The number of pyridine rings is 1. The van der Waals surface area contributed by atoms with Crippen LogP contribution in [0.1, 0.15) is 24.5 Å². The largest absolute Gasteiger partial charge is 0.497 e. The van der Waals surface area contributed by atoms with E-state index >= 15 is 0 Å². The van der Waals surface area contributed by atoms with Crippen molar-refractivity contribution in [2.45, 2.75) is 18.8 Å². The number of aromatic amines is 1. The van der Waals surface area contributed by atoms with Gasteiger partial charge in [0.2, 0.25) is 0 Å². The highest BCUT2D eigenvalue weighted by atomic mass is 16.5. The summed E-state index contributed by atoms with van der Waals surface area (Å²) in [7, 11) is 1.70. The van der Waals surface area contributed by atoms with Gasteiger partial charge in [-0.1, -0.05) is 0 Å². The Morgan fingerprint density at radius 1 is 1.22 bits per heavy atom. The van der Waals surface area contributed by atoms with Gasteiger partial charge in [0, 0.05) is 48.2 Å². The molecule has 1 aliphatic heterocycles. The Kier molecular flexibility index (Phi) is 3.61. The Morgan fingerprint density at radius 3 is 3.00 bits per heavy atom. The fraction of sp³-hybridized carbons (Fsp3) is 0.333. The lowest BCUT2D eigenvalue weighted by Gasteiger charge is -2.34. The number of hydrogen-bond acceptors (Lipinski definition) is 4. The van der Waals surface area contributed by atoms with Crippen LogP contribution in [-0.4, -0.2) is 35.4 Å². The van der Waals surface area contributed by atoms with E-state index < -0.39 is 0 Å². The van der Waals surface area contributed by atoms with Gasteiger partial charge in [-0.15, -0.1) is 0 Å². The highest BCUT2D eigenvalue weighted by Crippen LogP contribution is 2.33. The van der Waals surface area contributed by atoms with Crippen LogP contribution in [0.4, 0.5) is 5.69 Å². The van der Waals surface area contributed by atoms with Crippen molar-refractivity contribution in [2.75, 3.05) is 25.1 Å². The summed E-state index contributed by atoms with van der Waals surface area (Å²) in [6, 6.07) is 10.3. The molecule has 1 aromatic carbocycles. The van der Waals surface area contributed by atoms with Gasteiger partial charge in [0.25, 0.3) is 0 Å². The second-order valence-corrected chi connectivity index (χ2v) is 6.01. The van der Waals surface area contributed by atoms with Crippen LogP contribution in [0.25, 0.3) is 10.9 Å². The van der Waals surface area contributed by atoms with Crippen molar-refractivity contribution < 1.29 is 4.74 Å². The van der Waals surface area contributed by atoms with Crippen molar-refractivity contribution >= 4 is 16.6 Å². The van der Waals surface area contributed by atoms with Crippen molar-refractivity contribution in [3.8, 4) is 5.75 Å². The van der Waals surface area contributed by atoms with Crippen LogP contribution in [0, 0.1) is 0 Å². The first kappa shape index (κ1) is 14.1. The lowest BCUT2D eigenvalue weighted by atomic mass is 9.94. The molecule has 0 aliphatic carbocycles. The first-order valence-electron chi connectivity index (χ1n) is 8.02. The van der Waals surface area contributed by atoms with E-state index in [0.717, 1.165) is 29.7 Å². The standard InChI is InChI=1S/C18H20N4O/c1-23-14-4-5-17-15(11-14)18(7-8-19-17)22-10-2-3-13(12-22)16-6-9-20-21-16/h4-9,11,13H,2-3,10,12H2,1H3,(H,20,21). The van der Waals surface area contributed by atoms with Gasteiger partial charge in [0.1, 0.15) is 5.75 Å². The van der Waals surface area contributed by atoms with E-state index in [0.29, 0.717) is 5.92 Å². The van der Waals surface area contributed by atoms with Crippen LogP contribution in [-0.2, 0) is 0 Å². The van der Waals surface area contributed by atoms with E-state index in [9.17, 15) is 0 Å². The molecule has 5 heteroatoms. The highest BCUT2D eigenvalue weighted by Gasteiger charge is 2.23. The summed E-state index contributed by atoms with van der Waals surface area (Å²) >= 11 is 0. The molecule has 5 nitrogen and oxygen atoms in total. The van der Waals surface area contributed by atoms with Crippen molar-refractivity contribution in [3.05, 3.63) is 48.4 Å². The molecule has 1 atom stereocenters. The fourth-order valence-electron chi connectivity index (χ4n) is 3.46. The molecule has 3 heterocycles. The van der Waals surface area contributed by atoms with Crippen molar-refractivity contribution in [1.29, 1.82) is 0 Å². The molecule has 1 N–H and O–H groups in total. The van der Waals surface area contributed by atoms with Gasteiger partial charge in [0.05, 0.1) is 12.6 Å². The number of ether oxygens (including phenoxy) is 1.